The van der Waals surface area contributed by atoms with Crippen molar-refractivity contribution in [2.45, 2.75) is 25.9 Å². The van der Waals surface area contributed by atoms with Crippen LogP contribution in [0.4, 0.5) is 11.8 Å². The number of rotatable bonds is 6. The number of hydrogen-bond donors (Lipinski definition) is 3. The van der Waals surface area contributed by atoms with Gasteiger partial charge in [0.05, 0.1) is 5.56 Å². The van der Waals surface area contributed by atoms with Crippen molar-refractivity contribution < 1.29 is 14.3 Å². The van der Waals surface area contributed by atoms with Crippen LogP contribution in [0.2, 0.25) is 0 Å². The summed E-state index contributed by atoms with van der Waals surface area (Å²) < 4.78 is 6.01. The van der Waals surface area contributed by atoms with Crippen molar-refractivity contribution in [1.82, 2.24) is 25.6 Å². The van der Waals surface area contributed by atoms with Gasteiger partial charge in [-0.1, -0.05) is 12.1 Å². The molecular formula is C28H29N7O3. The monoisotopic (exact) mass is 511 g/mol. The van der Waals surface area contributed by atoms with Crippen LogP contribution in [0.25, 0.3) is 10.8 Å². The molecule has 38 heavy (non-hydrogen) atoms. The maximum atomic E-state index is 12.8. The van der Waals surface area contributed by atoms with E-state index in [1.165, 1.54) is 12.4 Å². The van der Waals surface area contributed by atoms with Crippen molar-refractivity contribution >= 4 is 34.4 Å². The maximum absolute atomic E-state index is 12.8. The minimum absolute atomic E-state index is 0.146. The van der Waals surface area contributed by atoms with Gasteiger partial charge in [0, 0.05) is 62.4 Å². The van der Waals surface area contributed by atoms with Crippen molar-refractivity contribution in [3.05, 3.63) is 78.2 Å². The summed E-state index contributed by atoms with van der Waals surface area (Å²) in [6, 6.07) is 15.1. The molecule has 2 atom stereocenters. The van der Waals surface area contributed by atoms with Gasteiger partial charge in [-0.15, -0.1) is 0 Å². The Morgan fingerprint density at radius 3 is 2.42 bits per heavy atom. The predicted molar refractivity (Wildman–Crippen MR) is 146 cm³/mol. The van der Waals surface area contributed by atoms with Gasteiger partial charge < -0.3 is 25.6 Å². The van der Waals surface area contributed by atoms with Crippen LogP contribution >= 0.6 is 0 Å². The Morgan fingerprint density at radius 2 is 1.68 bits per heavy atom. The lowest BCUT2D eigenvalue weighted by molar-refractivity contribution is 0.0963. The van der Waals surface area contributed by atoms with Crippen LogP contribution in [0.1, 0.15) is 34.6 Å². The molecule has 1 aliphatic heterocycles. The molecule has 0 bridgehead atoms. The molecule has 10 nitrogen and oxygen atoms in total. The molecule has 0 spiro atoms. The van der Waals surface area contributed by atoms with E-state index >= 15 is 0 Å². The van der Waals surface area contributed by atoms with Gasteiger partial charge in [-0.25, -0.2) is 15.0 Å². The quantitative estimate of drug-likeness (QED) is 0.359. The summed E-state index contributed by atoms with van der Waals surface area (Å²) in [5, 5.41) is 10.6. The van der Waals surface area contributed by atoms with Crippen molar-refractivity contribution in [3.8, 4) is 11.5 Å². The number of amides is 2. The zero-order valence-corrected chi connectivity index (χ0v) is 21.4. The first-order valence-corrected chi connectivity index (χ1v) is 12.4. The fourth-order valence-electron chi connectivity index (χ4n) is 4.62. The largest absolute Gasteiger partial charge is 0.457 e. The highest BCUT2D eigenvalue weighted by Crippen LogP contribution is 2.28. The van der Waals surface area contributed by atoms with E-state index in [-0.39, 0.29) is 11.8 Å². The molecule has 1 fully saturated rings. The molecule has 2 aromatic carbocycles. The van der Waals surface area contributed by atoms with Crippen LogP contribution in [0, 0.1) is 0 Å². The van der Waals surface area contributed by atoms with Crippen molar-refractivity contribution in [2.75, 3.05) is 30.4 Å². The highest BCUT2D eigenvalue weighted by atomic mass is 16.5. The summed E-state index contributed by atoms with van der Waals surface area (Å²) in [7, 11) is 1.61. The first-order chi connectivity index (χ1) is 18.4. The lowest BCUT2D eigenvalue weighted by Crippen LogP contribution is -2.54. The predicted octanol–water partition coefficient (Wildman–Crippen LogP) is 3.62. The molecule has 3 N–H and O–H groups in total. The van der Waals surface area contributed by atoms with Crippen LogP contribution in [-0.4, -0.2) is 59.0 Å². The molecule has 3 heterocycles. The zero-order valence-electron chi connectivity index (χ0n) is 21.4. The summed E-state index contributed by atoms with van der Waals surface area (Å²) in [6.07, 6.45) is 4.61. The highest BCUT2D eigenvalue weighted by Gasteiger charge is 2.23. The zero-order chi connectivity index (χ0) is 26.6. The highest BCUT2D eigenvalue weighted by molar-refractivity contribution is 6.07. The average Bonchev–Trinajstić information content (AvgIpc) is 2.92. The Hall–Kier alpha value is -4.57. The number of carbonyl (C=O) groups is 2. The Kier molecular flexibility index (Phi) is 7.14. The van der Waals surface area contributed by atoms with E-state index < -0.39 is 0 Å². The first kappa shape index (κ1) is 25.1. The van der Waals surface area contributed by atoms with Crippen LogP contribution in [-0.2, 0) is 0 Å². The van der Waals surface area contributed by atoms with Gasteiger partial charge in [0.25, 0.3) is 11.8 Å². The van der Waals surface area contributed by atoms with E-state index in [4.69, 9.17) is 4.74 Å². The van der Waals surface area contributed by atoms with Gasteiger partial charge >= 0.3 is 0 Å². The van der Waals surface area contributed by atoms with E-state index in [0.29, 0.717) is 46.5 Å². The summed E-state index contributed by atoms with van der Waals surface area (Å²) in [5.74, 6) is 1.53. The van der Waals surface area contributed by atoms with Crippen molar-refractivity contribution in [1.29, 1.82) is 0 Å². The van der Waals surface area contributed by atoms with Gasteiger partial charge in [-0.3, -0.25) is 9.59 Å². The van der Waals surface area contributed by atoms with Crippen LogP contribution in [0.3, 0.4) is 0 Å². The Morgan fingerprint density at radius 1 is 0.947 bits per heavy atom. The number of ether oxygens (including phenoxy) is 1. The number of nitrogens with one attached hydrogen (secondary N) is 3. The number of pyridine rings is 1. The Balaban J connectivity index is 1.26. The minimum atomic E-state index is -0.365. The second kappa shape index (κ2) is 10.8. The second-order valence-corrected chi connectivity index (χ2v) is 9.35. The smallest absolute Gasteiger partial charge is 0.259 e. The van der Waals surface area contributed by atoms with E-state index in [1.807, 2.05) is 24.3 Å². The van der Waals surface area contributed by atoms with Crippen molar-refractivity contribution in [2.24, 2.45) is 0 Å². The molecule has 0 saturated carbocycles. The molecule has 2 amide bonds. The molecule has 194 valence electrons. The van der Waals surface area contributed by atoms with Gasteiger partial charge in [0.15, 0.2) is 0 Å². The Labute approximate surface area is 220 Å². The number of benzene rings is 2. The SMILES string of the molecule is CNC(=O)c1cccc2cc(Oc3ccnc(NC(=O)c4cnc(N5C[C@@H](C)N[C@@H](C)C5)nc4)c3)ccc12. The second-order valence-electron chi connectivity index (χ2n) is 9.35. The first-order valence-electron chi connectivity index (χ1n) is 12.4. The number of aromatic nitrogens is 3. The van der Waals surface area contributed by atoms with E-state index in [1.54, 1.807) is 37.5 Å². The van der Waals surface area contributed by atoms with Gasteiger partial charge in [0.2, 0.25) is 5.95 Å². The molecule has 1 saturated heterocycles. The molecular weight excluding hydrogens is 482 g/mol. The minimum Gasteiger partial charge on any atom is -0.457 e. The summed E-state index contributed by atoms with van der Waals surface area (Å²) >= 11 is 0. The fraction of sp³-hybridized carbons (Fsp3) is 0.250. The standard InChI is InChI=1S/C28H29N7O3/c1-17-15-35(16-18(2)33-17)28-31-13-20(14-32-28)26(36)34-25-12-22(9-10-30-25)38-21-7-8-23-19(11-21)5-4-6-24(23)27(37)29-3/h4-14,17-18,33H,15-16H2,1-3H3,(H,29,37)(H,30,34,36)/t17-,18+. The molecule has 10 heteroatoms. The average molecular weight is 512 g/mol. The summed E-state index contributed by atoms with van der Waals surface area (Å²) in [5.41, 5.74) is 0.930. The van der Waals surface area contributed by atoms with Crippen LogP contribution in [0.5, 0.6) is 11.5 Å². The molecule has 1 aliphatic rings. The number of hydrogen-bond acceptors (Lipinski definition) is 8. The number of fused-ring (bicyclic) bond motifs is 1. The topological polar surface area (TPSA) is 121 Å². The maximum Gasteiger partial charge on any atom is 0.259 e. The third-order valence-electron chi connectivity index (χ3n) is 6.27. The number of piperazine rings is 1. The third kappa shape index (κ3) is 5.55. The molecule has 0 radical (unpaired) electrons. The summed E-state index contributed by atoms with van der Waals surface area (Å²) in [4.78, 5) is 40.1. The number of carbonyl (C=O) groups excluding carboxylic acids is 2. The number of nitrogens with zero attached hydrogens (tertiary/aromatic N) is 4. The fourth-order valence-corrected chi connectivity index (χ4v) is 4.62. The molecule has 0 unspecified atom stereocenters. The molecule has 0 aliphatic carbocycles. The molecule has 4 aromatic rings. The van der Waals surface area contributed by atoms with Crippen LogP contribution < -0.4 is 25.6 Å². The van der Waals surface area contributed by atoms with Gasteiger partial charge in [0.1, 0.15) is 17.3 Å². The van der Waals surface area contributed by atoms with Gasteiger partial charge in [-0.05, 0) is 55.0 Å². The van der Waals surface area contributed by atoms with E-state index in [9.17, 15) is 9.59 Å². The Bertz CT molecular complexity index is 1470. The molecule has 5 rings (SSSR count). The third-order valence-corrected chi connectivity index (χ3v) is 6.27. The van der Waals surface area contributed by atoms with Crippen LogP contribution in [0.15, 0.2) is 67.1 Å². The lowest BCUT2D eigenvalue weighted by Gasteiger charge is -2.36. The van der Waals surface area contributed by atoms with E-state index in [2.05, 4.69) is 49.6 Å². The lowest BCUT2D eigenvalue weighted by atomic mass is 10.0. The van der Waals surface area contributed by atoms with Crippen molar-refractivity contribution in [3.63, 3.8) is 0 Å². The normalized spacial score (nSPS) is 17.2. The number of anilines is 2. The summed E-state index contributed by atoms with van der Waals surface area (Å²) in [6.45, 7) is 5.86. The van der Waals surface area contributed by atoms with E-state index in [0.717, 1.165) is 23.9 Å². The van der Waals surface area contributed by atoms with Gasteiger partial charge in [-0.2, -0.15) is 0 Å². The molecule has 2 aromatic heterocycles.